The Labute approximate surface area is 112 Å². The van der Waals surface area contributed by atoms with Crippen LogP contribution in [0.4, 0.5) is 0 Å². The van der Waals surface area contributed by atoms with E-state index in [2.05, 4.69) is 20.9 Å². The van der Waals surface area contributed by atoms with E-state index in [-0.39, 0.29) is 5.69 Å². The highest BCUT2D eigenvalue weighted by Gasteiger charge is 2.07. The van der Waals surface area contributed by atoms with Gasteiger partial charge in [-0.3, -0.25) is 0 Å². The molecule has 0 aliphatic rings. The van der Waals surface area contributed by atoms with Crippen molar-refractivity contribution in [2.75, 3.05) is 7.11 Å². The zero-order valence-corrected chi connectivity index (χ0v) is 11.2. The number of rotatable bonds is 4. The summed E-state index contributed by atoms with van der Waals surface area (Å²) in [5.41, 5.74) is 1.07. The fraction of sp³-hybridized carbons (Fsp3) is 0.167. The second-order valence-electron chi connectivity index (χ2n) is 3.71. The van der Waals surface area contributed by atoms with Crippen LogP contribution in [0.1, 0.15) is 16.1 Å². The first-order valence-electron chi connectivity index (χ1n) is 5.17. The Morgan fingerprint density at radius 1 is 1.56 bits per heavy atom. The van der Waals surface area contributed by atoms with Crippen LogP contribution in [0, 0.1) is 0 Å². The number of benzene rings is 1. The van der Waals surface area contributed by atoms with Crippen molar-refractivity contribution in [3.63, 3.8) is 0 Å². The summed E-state index contributed by atoms with van der Waals surface area (Å²) in [6.45, 7) is 0.558. The number of aromatic carboxylic acids is 1. The predicted octanol–water partition coefficient (Wildman–Crippen LogP) is 2.40. The van der Waals surface area contributed by atoms with Gasteiger partial charge in [0, 0.05) is 12.7 Å². The quantitative estimate of drug-likeness (QED) is 0.942. The van der Waals surface area contributed by atoms with E-state index >= 15 is 0 Å². The van der Waals surface area contributed by atoms with Crippen molar-refractivity contribution in [3.05, 3.63) is 46.5 Å². The molecule has 0 unspecified atom stereocenters. The molecule has 0 aliphatic heterocycles. The van der Waals surface area contributed by atoms with Gasteiger partial charge in [-0.2, -0.15) is 0 Å². The zero-order valence-electron chi connectivity index (χ0n) is 9.63. The molecule has 0 radical (unpaired) electrons. The largest absolute Gasteiger partial charge is 0.496 e. The molecule has 0 atom stereocenters. The molecular formula is C12H11BrN2O3. The minimum atomic E-state index is -1.02. The minimum Gasteiger partial charge on any atom is -0.496 e. The SMILES string of the molecule is COc1ccc(Cn2cnc(C(=O)O)c2)cc1Br. The summed E-state index contributed by atoms with van der Waals surface area (Å²) >= 11 is 3.41. The maximum Gasteiger partial charge on any atom is 0.356 e. The van der Waals surface area contributed by atoms with Crippen molar-refractivity contribution in [2.24, 2.45) is 0 Å². The van der Waals surface area contributed by atoms with Crippen LogP contribution in [0.2, 0.25) is 0 Å². The van der Waals surface area contributed by atoms with Gasteiger partial charge in [0.05, 0.1) is 17.9 Å². The van der Waals surface area contributed by atoms with Crippen LogP contribution in [0.15, 0.2) is 35.2 Å². The lowest BCUT2D eigenvalue weighted by atomic mass is 10.2. The van der Waals surface area contributed by atoms with Crippen LogP contribution in [0.5, 0.6) is 5.75 Å². The number of carboxylic acids is 1. The van der Waals surface area contributed by atoms with Gasteiger partial charge in [-0.05, 0) is 33.6 Å². The summed E-state index contributed by atoms with van der Waals surface area (Å²) < 4.78 is 7.72. The normalized spacial score (nSPS) is 10.3. The van der Waals surface area contributed by atoms with Gasteiger partial charge in [0.1, 0.15) is 5.75 Å². The van der Waals surface area contributed by atoms with Crippen molar-refractivity contribution in [1.82, 2.24) is 9.55 Å². The van der Waals surface area contributed by atoms with Gasteiger partial charge in [-0.1, -0.05) is 6.07 Å². The van der Waals surface area contributed by atoms with Gasteiger partial charge in [-0.15, -0.1) is 0 Å². The number of carboxylic acid groups (broad SMARTS) is 1. The van der Waals surface area contributed by atoms with Gasteiger partial charge < -0.3 is 14.4 Å². The van der Waals surface area contributed by atoms with Crippen LogP contribution in [-0.4, -0.2) is 27.7 Å². The molecule has 1 aromatic carbocycles. The van der Waals surface area contributed by atoms with Gasteiger partial charge >= 0.3 is 5.97 Å². The molecule has 2 rings (SSSR count). The molecule has 0 saturated heterocycles. The topological polar surface area (TPSA) is 64.4 Å². The molecule has 0 aliphatic carbocycles. The van der Waals surface area contributed by atoms with Crippen molar-refractivity contribution in [1.29, 1.82) is 0 Å². The van der Waals surface area contributed by atoms with E-state index in [0.29, 0.717) is 6.54 Å². The molecule has 1 aromatic heterocycles. The maximum absolute atomic E-state index is 10.7. The number of carbonyl (C=O) groups is 1. The summed E-state index contributed by atoms with van der Waals surface area (Å²) in [7, 11) is 1.61. The van der Waals surface area contributed by atoms with Crippen LogP contribution >= 0.6 is 15.9 Å². The number of aromatic nitrogens is 2. The zero-order chi connectivity index (χ0) is 13.1. The summed E-state index contributed by atoms with van der Waals surface area (Å²) in [5.74, 6) is -0.264. The standard InChI is InChI=1S/C12H11BrN2O3/c1-18-11-3-2-8(4-9(11)13)5-15-6-10(12(16)17)14-7-15/h2-4,6-7H,5H2,1H3,(H,16,17). The number of nitrogens with zero attached hydrogens (tertiary/aromatic N) is 2. The molecule has 5 nitrogen and oxygen atoms in total. The highest BCUT2D eigenvalue weighted by atomic mass is 79.9. The molecule has 6 heteroatoms. The Kier molecular flexibility index (Phi) is 3.66. The Hall–Kier alpha value is -1.82. The molecule has 2 aromatic rings. The first-order chi connectivity index (χ1) is 8.60. The summed E-state index contributed by atoms with van der Waals surface area (Å²) in [5, 5.41) is 8.78. The number of halogens is 1. The fourth-order valence-corrected chi connectivity index (χ4v) is 2.16. The lowest BCUT2D eigenvalue weighted by molar-refractivity contribution is 0.0691. The number of methoxy groups -OCH3 is 1. The monoisotopic (exact) mass is 310 g/mol. The van der Waals surface area contributed by atoms with Gasteiger partial charge in [-0.25, -0.2) is 9.78 Å². The highest BCUT2D eigenvalue weighted by Crippen LogP contribution is 2.25. The molecule has 0 fully saturated rings. The van der Waals surface area contributed by atoms with Crippen LogP contribution in [0.3, 0.4) is 0 Å². The Bertz CT molecular complexity index is 580. The van der Waals surface area contributed by atoms with Crippen molar-refractivity contribution in [2.45, 2.75) is 6.54 Å². The lowest BCUT2D eigenvalue weighted by Gasteiger charge is -2.06. The van der Waals surface area contributed by atoms with Gasteiger partial charge in [0.25, 0.3) is 0 Å². The average molecular weight is 311 g/mol. The smallest absolute Gasteiger partial charge is 0.356 e. The van der Waals surface area contributed by atoms with Gasteiger partial charge in [0.15, 0.2) is 5.69 Å². The van der Waals surface area contributed by atoms with Crippen LogP contribution in [0.25, 0.3) is 0 Å². The van der Waals surface area contributed by atoms with Crippen molar-refractivity contribution in [3.8, 4) is 5.75 Å². The van der Waals surface area contributed by atoms with E-state index in [1.54, 1.807) is 11.7 Å². The molecular weight excluding hydrogens is 300 g/mol. The molecule has 0 bridgehead atoms. The lowest BCUT2D eigenvalue weighted by Crippen LogP contribution is -1.98. The summed E-state index contributed by atoms with van der Waals surface area (Å²) in [6.07, 6.45) is 3.00. The van der Waals surface area contributed by atoms with E-state index in [1.807, 2.05) is 18.2 Å². The van der Waals surface area contributed by atoms with E-state index in [1.165, 1.54) is 12.5 Å². The maximum atomic E-state index is 10.7. The second kappa shape index (κ2) is 5.22. The Balaban J connectivity index is 2.18. The van der Waals surface area contributed by atoms with E-state index < -0.39 is 5.97 Å². The summed E-state index contributed by atoms with van der Waals surface area (Å²) in [4.78, 5) is 14.5. The highest BCUT2D eigenvalue weighted by molar-refractivity contribution is 9.10. The van der Waals surface area contributed by atoms with Crippen molar-refractivity contribution < 1.29 is 14.6 Å². The van der Waals surface area contributed by atoms with Crippen LogP contribution < -0.4 is 4.74 Å². The first kappa shape index (κ1) is 12.6. The number of ether oxygens (including phenoxy) is 1. The van der Waals surface area contributed by atoms with Gasteiger partial charge in [0.2, 0.25) is 0 Å². The Morgan fingerprint density at radius 2 is 2.33 bits per heavy atom. The third-order valence-electron chi connectivity index (χ3n) is 2.43. The predicted molar refractivity (Wildman–Crippen MR) is 69.0 cm³/mol. The average Bonchev–Trinajstić information content (AvgIpc) is 2.78. The van der Waals surface area contributed by atoms with Crippen molar-refractivity contribution >= 4 is 21.9 Å². The van der Waals surface area contributed by atoms with E-state index in [9.17, 15) is 4.79 Å². The second-order valence-corrected chi connectivity index (χ2v) is 4.56. The van der Waals surface area contributed by atoms with E-state index in [4.69, 9.17) is 9.84 Å². The third-order valence-corrected chi connectivity index (χ3v) is 3.05. The summed E-state index contributed by atoms with van der Waals surface area (Å²) in [6, 6.07) is 5.71. The molecule has 0 spiro atoms. The fourth-order valence-electron chi connectivity index (χ4n) is 1.58. The molecule has 0 saturated carbocycles. The Morgan fingerprint density at radius 3 is 2.89 bits per heavy atom. The van der Waals surface area contributed by atoms with E-state index in [0.717, 1.165) is 15.8 Å². The molecule has 18 heavy (non-hydrogen) atoms. The molecule has 94 valence electrons. The molecule has 0 amide bonds. The number of imidazole rings is 1. The first-order valence-corrected chi connectivity index (χ1v) is 5.97. The minimum absolute atomic E-state index is 0.0441. The van der Waals surface area contributed by atoms with Crippen LogP contribution in [-0.2, 0) is 6.54 Å². The number of hydrogen-bond donors (Lipinski definition) is 1. The molecule has 1 N–H and O–H groups in total. The number of hydrogen-bond acceptors (Lipinski definition) is 3. The molecule has 1 heterocycles. The third kappa shape index (κ3) is 2.70.